The summed E-state index contributed by atoms with van der Waals surface area (Å²) < 4.78 is 0. The molecular formula is C20H17ClN4O3. The van der Waals surface area contributed by atoms with Crippen LogP contribution >= 0.6 is 11.6 Å². The smallest absolute Gasteiger partial charge is 0.324 e. The van der Waals surface area contributed by atoms with Gasteiger partial charge in [-0.05, 0) is 37.6 Å². The van der Waals surface area contributed by atoms with Crippen molar-refractivity contribution in [3.05, 3.63) is 64.2 Å². The Morgan fingerprint density at radius 3 is 2.54 bits per heavy atom. The van der Waals surface area contributed by atoms with Crippen molar-refractivity contribution in [2.24, 2.45) is 0 Å². The molecule has 0 spiro atoms. The van der Waals surface area contributed by atoms with Gasteiger partial charge in [-0.1, -0.05) is 41.4 Å². The molecule has 1 aliphatic heterocycles. The molecule has 142 valence electrons. The van der Waals surface area contributed by atoms with Crippen LogP contribution in [0.2, 0.25) is 5.02 Å². The zero-order chi connectivity index (χ0) is 20.5. The highest BCUT2D eigenvalue weighted by Gasteiger charge is 2.49. The van der Waals surface area contributed by atoms with Gasteiger partial charge in [0.1, 0.15) is 18.2 Å². The van der Waals surface area contributed by atoms with Gasteiger partial charge in [-0.3, -0.25) is 14.5 Å². The average Bonchev–Trinajstić information content (AvgIpc) is 2.86. The van der Waals surface area contributed by atoms with Crippen molar-refractivity contribution in [1.29, 1.82) is 5.26 Å². The summed E-state index contributed by atoms with van der Waals surface area (Å²) >= 11 is 5.94. The summed E-state index contributed by atoms with van der Waals surface area (Å²) in [6, 6.07) is 13.0. The molecule has 2 aromatic rings. The fourth-order valence-corrected chi connectivity index (χ4v) is 3.17. The summed E-state index contributed by atoms with van der Waals surface area (Å²) in [7, 11) is 0. The molecule has 0 bridgehead atoms. The molecular weight excluding hydrogens is 380 g/mol. The fraction of sp³-hybridized carbons (Fsp3) is 0.200. The number of imide groups is 1. The Bertz CT molecular complexity index is 1010. The van der Waals surface area contributed by atoms with Crippen LogP contribution in [0.25, 0.3) is 0 Å². The molecule has 1 atom stereocenters. The summed E-state index contributed by atoms with van der Waals surface area (Å²) in [5.74, 6) is -1.06. The molecule has 28 heavy (non-hydrogen) atoms. The molecule has 1 heterocycles. The van der Waals surface area contributed by atoms with Gasteiger partial charge in [0, 0.05) is 5.69 Å². The summed E-state index contributed by atoms with van der Waals surface area (Å²) in [4.78, 5) is 38.4. The molecule has 2 N–H and O–H groups in total. The molecule has 0 aliphatic carbocycles. The van der Waals surface area contributed by atoms with Gasteiger partial charge in [-0.15, -0.1) is 0 Å². The predicted molar refractivity (Wildman–Crippen MR) is 104 cm³/mol. The topological polar surface area (TPSA) is 102 Å². The van der Waals surface area contributed by atoms with E-state index in [1.807, 2.05) is 25.1 Å². The quantitative estimate of drug-likeness (QED) is 0.775. The molecule has 0 saturated carbocycles. The van der Waals surface area contributed by atoms with Gasteiger partial charge in [-0.2, -0.15) is 5.26 Å². The molecule has 0 aromatic heterocycles. The van der Waals surface area contributed by atoms with E-state index in [-0.39, 0.29) is 10.6 Å². The zero-order valence-electron chi connectivity index (χ0n) is 15.2. The minimum Gasteiger partial charge on any atom is -0.324 e. The number of anilines is 1. The third-order valence-corrected chi connectivity index (χ3v) is 4.89. The Kier molecular flexibility index (Phi) is 5.08. The first-order valence-electron chi connectivity index (χ1n) is 8.45. The maximum Gasteiger partial charge on any atom is 0.325 e. The molecule has 4 amide bonds. The van der Waals surface area contributed by atoms with E-state index in [1.54, 1.807) is 19.1 Å². The van der Waals surface area contributed by atoms with E-state index in [1.165, 1.54) is 18.2 Å². The highest BCUT2D eigenvalue weighted by Crippen LogP contribution is 2.29. The van der Waals surface area contributed by atoms with E-state index >= 15 is 0 Å². The Morgan fingerprint density at radius 2 is 1.93 bits per heavy atom. The van der Waals surface area contributed by atoms with Crippen molar-refractivity contribution in [2.75, 3.05) is 11.9 Å². The van der Waals surface area contributed by atoms with Gasteiger partial charge in [0.15, 0.2) is 0 Å². The maximum absolute atomic E-state index is 12.9. The first-order valence-corrected chi connectivity index (χ1v) is 8.83. The molecule has 1 saturated heterocycles. The van der Waals surface area contributed by atoms with E-state index in [9.17, 15) is 14.4 Å². The molecule has 1 unspecified atom stereocenters. The highest BCUT2D eigenvalue weighted by atomic mass is 35.5. The van der Waals surface area contributed by atoms with Gasteiger partial charge < -0.3 is 10.6 Å². The van der Waals surface area contributed by atoms with Crippen LogP contribution in [0.4, 0.5) is 10.5 Å². The normalized spacial score (nSPS) is 18.6. The third-order valence-electron chi connectivity index (χ3n) is 4.58. The van der Waals surface area contributed by atoms with E-state index in [0.29, 0.717) is 11.3 Å². The van der Waals surface area contributed by atoms with Crippen molar-refractivity contribution in [3.63, 3.8) is 0 Å². The van der Waals surface area contributed by atoms with Crippen LogP contribution in [-0.2, 0) is 15.1 Å². The van der Waals surface area contributed by atoms with E-state index in [0.717, 1.165) is 10.5 Å². The monoisotopic (exact) mass is 396 g/mol. The zero-order valence-corrected chi connectivity index (χ0v) is 16.0. The predicted octanol–water partition coefficient (Wildman–Crippen LogP) is 2.93. The third kappa shape index (κ3) is 3.55. The molecule has 1 aliphatic rings. The first-order chi connectivity index (χ1) is 13.2. The van der Waals surface area contributed by atoms with Crippen LogP contribution in [0.1, 0.15) is 23.6 Å². The number of carbonyl (C=O) groups excluding carboxylic acids is 3. The van der Waals surface area contributed by atoms with Gasteiger partial charge in [-0.25, -0.2) is 4.79 Å². The molecule has 2 aromatic carbocycles. The Hall–Kier alpha value is -3.37. The van der Waals surface area contributed by atoms with Crippen molar-refractivity contribution >= 4 is 35.1 Å². The lowest BCUT2D eigenvalue weighted by Gasteiger charge is -2.22. The number of amides is 4. The SMILES string of the molecule is Cc1ccc(C2(C)NC(=O)N(CC(=O)Nc3ccc(C#N)c(Cl)c3)C2=O)cc1. The highest BCUT2D eigenvalue weighted by molar-refractivity contribution is 6.32. The minimum absolute atomic E-state index is 0.197. The van der Waals surface area contributed by atoms with Crippen LogP contribution in [-0.4, -0.2) is 29.3 Å². The number of carbonyl (C=O) groups is 3. The molecule has 0 radical (unpaired) electrons. The second-order valence-corrected chi connectivity index (χ2v) is 7.07. The minimum atomic E-state index is -1.23. The van der Waals surface area contributed by atoms with Crippen molar-refractivity contribution in [1.82, 2.24) is 10.2 Å². The lowest BCUT2D eigenvalue weighted by Crippen LogP contribution is -2.42. The second-order valence-electron chi connectivity index (χ2n) is 6.67. The van der Waals surface area contributed by atoms with Crippen molar-refractivity contribution < 1.29 is 14.4 Å². The number of aryl methyl sites for hydroxylation is 1. The number of rotatable bonds is 4. The van der Waals surface area contributed by atoms with Crippen LogP contribution in [0.15, 0.2) is 42.5 Å². The second kappa shape index (κ2) is 7.33. The number of nitrogens with one attached hydrogen (secondary N) is 2. The first kappa shape index (κ1) is 19.4. The number of nitrogens with zero attached hydrogens (tertiary/aromatic N) is 2. The maximum atomic E-state index is 12.9. The number of hydrogen-bond donors (Lipinski definition) is 2. The number of nitriles is 1. The number of halogens is 1. The van der Waals surface area contributed by atoms with Crippen LogP contribution in [0, 0.1) is 18.3 Å². The lowest BCUT2D eigenvalue weighted by molar-refractivity contribution is -0.133. The number of hydrogen-bond acceptors (Lipinski definition) is 4. The Balaban J connectivity index is 1.73. The van der Waals surface area contributed by atoms with Crippen molar-refractivity contribution in [2.45, 2.75) is 19.4 Å². The Labute approximate surface area is 166 Å². The summed E-state index contributed by atoms with van der Waals surface area (Å²) in [6.45, 7) is 3.09. The van der Waals surface area contributed by atoms with Gasteiger partial charge >= 0.3 is 6.03 Å². The largest absolute Gasteiger partial charge is 0.325 e. The van der Waals surface area contributed by atoms with E-state index < -0.39 is 29.9 Å². The molecule has 1 fully saturated rings. The standard InChI is InChI=1S/C20H17ClN4O3/c1-12-3-6-14(7-4-12)20(2)18(27)25(19(28)24-20)11-17(26)23-15-8-5-13(10-22)16(21)9-15/h3-9H,11H2,1-2H3,(H,23,26)(H,24,28). The van der Waals surface area contributed by atoms with Crippen LogP contribution in [0.3, 0.4) is 0 Å². The Morgan fingerprint density at radius 1 is 1.25 bits per heavy atom. The van der Waals surface area contributed by atoms with Gasteiger partial charge in [0.25, 0.3) is 5.91 Å². The molecule has 8 heteroatoms. The van der Waals surface area contributed by atoms with E-state index in [2.05, 4.69) is 10.6 Å². The lowest BCUT2D eigenvalue weighted by atomic mass is 9.91. The average molecular weight is 397 g/mol. The van der Waals surface area contributed by atoms with Crippen molar-refractivity contribution in [3.8, 4) is 6.07 Å². The van der Waals surface area contributed by atoms with Crippen LogP contribution in [0.5, 0.6) is 0 Å². The number of urea groups is 1. The summed E-state index contributed by atoms with van der Waals surface area (Å²) in [5.41, 5.74) is 1.08. The number of benzene rings is 2. The molecule has 7 nitrogen and oxygen atoms in total. The summed E-state index contributed by atoms with van der Waals surface area (Å²) in [6.07, 6.45) is 0. The van der Waals surface area contributed by atoms with Crippen LogP contribution < -0.4 is 10.6 Å². The fourth-order valence-electron chi connectivity index (χ4n) is 2.95. The summed E-state index contributed by atoms with van der Waals surface area (Å²) in [5, 5.41) is 14.3. The van der Waals surface area contributed by atoms with Gasteiger partial charge in [0.05, 0.1) is 10.6 Å². The van der Waals surface area contributed by atoms with Gasteiger partial charge in [0.2, 0.25) is 5.91 Å². The van der Waals surface area contributed by atoms with E-state index in [4.69, 9.17) is 16.9 Å². The molecule has 3 rings (SSSR count).